The van der Waals surface area contributed by atoms with Gasteiger partial charge in [-0.3, -0.25) is 10.1 Å². The molecule has 2 aromatic rings. The zero-order valence-corrected chi connectivity index (χ0v) is 22.7. The summed E-state index contributed by atoms with van der Waals surface area (Å²) in [6, 6.07) is 10.8. The Balaban J connectivity index is 2.28. The molecular formula is C22H25Br2NO5S2. The summed E-state index contributed by atoms with van der Waals surface area (Å²) in [5.41, 5.74) is 0.325. The van der Waals surface area contributed by atoms with Gasteiger partial charge in [-0.25, -0.2) is 4.79 Å². The highest BCUT2D eigenvalue weighted by molar-refractivity contribution is 9.11. The molecule has 0 saturated heterocycles. The van der Waals surface area contributed by atoms with Crippen molar-refractivity contribution in [2.45, 2.75) is 31.3 Å². The van der Waals surface area contributed by atoms with Crippen molar-refractivity contribution < 1.29 is 24.2 Å². The van der Waals surface area contributed by atoms with Gasteiger partial charge in [-0.15, -0.1) is 11.8 Å². The SMILES string of the molecule is CSc1ccc(NC(=O)O[C@@H](c2cc(Br)cc(Br)c2O)C(C)(C)CCOC(=O)CS)cc1. The van der Waals surface area contributed by atoms with Crippen LogP contribution in [-0.4, -0.2) is 35.8 Å². The molecule has 0 radical (unpaired) electrons. The van der Waals surface area contributed by atoms with Gasteiger partial charge < -0.3 is 14.6 Å². The number of hydrogen-bond acceptors (Lipinski definition) is 7. The largest absolute Gasteiger partial charge is 0.506 e. The Bertz CT molecular complexity index is 954. The Kier molecular flexibility index (Phi) is 10.3. The van der Waals surface area contributed by atoms with Gasteiger partial charge in [0.05, 0.1) is 16.8 Å². The Labute approximate surface area is 214 Å². The van der Waals surface area contributed by atoms with Crippen LogP contribution in [0.25, 0.3) is 0 Å². The molecule has 32 heavy (non-hydrogen) atoms. The second-order valence-electron chi connectivity index (χ2n) is 7.58. The quantitative estimate of drug-likeness (QED) is 0.165. The number of thiol groups is 1. The molecule has 0 aliphatic rings. The standard InChI is InChI=1S/C22H25Br2NO5S2/c1-22(2,8-9-29-18(26)12-31)20(16-10-13(23)11-17(24)19(16)27)30-21(28)25-14-4-6-15(32-3)7-5-14/h4-7,10-11,20,27,31H,8-9,12H2,1-3H3,(H,25,28)/t20-/m0/s1. The maximum absolute atomic E-state index is 12.8. The van der Waals surface area contributed by atoms with Gasteiger partial charge in [-0.1, -0.05) is 29.8 Å². The zero-order valence-electron chi connectivity index (χ0n) is 17.9. The van der Waals surface area contributed by atoms with Crippen molar-refractivity contribution in [1.82, 2.24) is 0 Å². The number of thioether (sulfide) groups is 1. The maximum Gasteiger partial charge on any atom is 0.412 e. The molecule has 0 aliphatic carbocycles. The van der Waals surface area contributed by atoms with Crippen molar-refractivity contribution in [3.63, 3.8) is 0 Å². The fourth-order valence-corrected chi connectivity index (χ4v) is 4.72. The molecule has 6 nitrogen and oxygen atoms in total. The number of ether oxygens (including phenoxy) is 2. The molecule has 174 valence electrons. The van der Waals surface area contributed by atoms with Crippen molar-refractivity contribution >= 4 is 74.0 Å². The Morgan fingerprint density at radius 1 is 1.22 bits per heavy atom. The molecule has 0 bridgehead atoms. The summed E-state index contributed by atoms with van der Waals surface area (Å²) in [5.74, 6) is -0.478. The number of halogens is 2. The molecule has 2 aromatic carbocycles. The number of anilines is 1. The molecule has 1 atom stereocenters. The second kappa shape index (κ2) is 12.2. The number of carbonyl (C=O) groups excluding carboxylic acids is 2. The van der Waals surface area contributed by atoms with Crippen LogP contribution >= 0.6 is 56.3 Å². The second-order valence-corrected chi connectivity index (χ2v) is 10.5. The Morgan fingerprint density at radius 2 is 1.88 bits per heavy atom. The first-order valence-electron chi connectivity index (χ1n) is 9.63. The van der Waals surface area contributed by atoms with E-state index in [2.05, 4.69) is 49.8 Å². The number of hydrogen-bond donors (Lipinski definition) is 3. The molecule has 0 spiro atoms. The van der Waals surface area contributed by atoms with E-state index in [1.807, 2.05) is 32.2 Å². The first-order chi connectivity index (χ1) is 15.1. The number of nitrogens with one attached hydrogen (secondary N) is 1. The van der Waals surface area contributed by atoms with Crippen LogP contribution in [0.3, 0.4) is 0 Å². The summed E-state index contributed by atoms with van der Waals surface area (Å²) in [6.45, 7) is 3.88. The molecule has 1 amide bonds. The summed E-state index contributed by atoms with van der Waals surface area (Å²) in [5, 5.41) is 13.4. The van der Waals surface area contributed by atoms with Gasteiger partial charge >= 0.3 is 12.1 Å². The minimum atomic E-state index is -0.837. The van der Waals surface area contributed by atoms with Crippen molar-refractivity contribution in [3.8, 4) is 5.75 Å². The smallest absolute Gasteiger partial charge is 0.412 e. The highest BCUT2D eigenvalue weighted by atomic mass is 79.9. The van der Waals surface area contributed by atoms with E-state index in [-0.39, 0.29) is 18.1 Å². The van der Waals surface area contributed by atoms with E-state index in [1.165, 1.54) is 0 Å². The topological polar surface area (TPSA) is 84.9 Å². The molecule has 0 fully saturated rings. The number of carbonyl (C=O) groups is 2. The number of phenols is 1. The van der Waals surface area contributed by atoms with E-state index in [9.17, 15) is 14.7 Å². The molecule has 10 heteroatoms. The van der Waals surface area contributed by atoms with Gasteiger partial charge in [-0.2, -0.15) is 12.6 Å². The van der Waals surface area contributed by atoms with Crippen LogP contribution in [0.1, 0.15) is 31.9 Å². The molecule has 2 rings (SSSR count). The van der Waals surface area contributed by atoms with Crippen molar-refractivity contribution in [3.05, 3.63) is 50.9 Å². The van der Waals surface area contributed by atoms with Crippen LogP contribution in [-0.2, 0) is 14.3 Å². The first-order valence-corrected chi connectivity index (χ1v) is 13.1. The van der Waals surface area contributed by atoms with Crippen LogP contribution in [0.2, 0.25) is 0 Å². The van der Waals surface area contributed by atoms with E-state index in [1.54, 1.807) is 36.0 Å². The molecular weight excluding hydrogens is 582 g/mol. The minimum absolute atomic E-state index is 0.0164. The van der Waals surface area contributed by atoms with E-state index >= 15 is 0 Å². The van der Waals surface area contributed by atoms with E-state index in [4.69, 9.17) is 9.47 Å². The lowest BCUT2D eigenvalue weighted by Crippen LogP contribution is -2.30. The van der Waals surface area contributed by atoms with Gasteiger partial charge in [0.25, 0.3) is 0 Å². The Morgan fingerprint density at radius 3 is 2.47 bits per heavy atom. The number of benzene rings is 2. The first kappa shape index (κ1) is 26.9. The van der Waals surface area contributed by atoms with Gasteiger partial charge in [-0.05, 0) is 65.0 Å². The monoisotopic (exact) mass is 605 g/mol. The summed E-state index contributed by atoms with van der Waals surface area (Å²) < 4.78 is 12.1. The zero-order chi connectivity index (χ0) is 23.9. The molecule has 0 saturated carbocycles. The lowest BCUT2D eigenvalue weighted by Gasteiger charge is -2.34. The maximum atomic E-state index is 12.8. The summed E-state index contributed by atoms with van der Waals surface area (Å²) in [7, 11) is 0. The van der Waals surface area contributed by atoms with E-state index < -0.39 is 23.6 Å². The van der Waals surface area contributed by atoms with Crippen LogP contribution < -0.4 is 5.32 Å². The summed E-state index contributed by atoms with van der Waals surface area (Å²) in [6.07, 6.45) is 0.856. The van der Waals surface area contributed by atoms with Crippen LogP contribution in [0.15, 0.2) is 50.2 Å². The van der Waals surface area contributed by atoms with Crippen molar-refractivity contribution in [2.75, 3.05) is 23.9 Å². The molecule has 0 heterocycles. The van der Waals surface area contributed by atoms with Crippen molar-refractivity contribution in [2.24, 2.45) is 5.41 Å². The molecule has 0 aliphatic heterocycles. The number of phenolic OH excluding ortho intramolecular Hbond substituents is 1. The van der Waals surface area contributed by atoms with Crippen LogP contribution in [0.4, 0.5) is 10.5 Å². The molecule has 0 aromatic heterocycles. The van der Waals surface area contributed by atoms with Gasteiger partial charge in [0, 0.05) is 26.0 Å². The Hall–Kier alpha value is -1.36. The lowest BCUT2D eigenvalue weighted by molar-refractivity contribution is -0.141. The average Bonchev–Trinajstić information content (AvgIpc) is 2.74. The summed E-state index contributed by atoms with van der Waals surface area (Å²) in [4.78, 5) is 25.3. The highest BCUT2D eigenvalue weighted by Gasteiger charge is 2.37. The third-order valence-corrected chi connectivity index (χ3v) is 6.81. The van der Waals surface area contributed by atoms with Crippen molar-refractivity contribution in [1.29, 1.82) is 0 Å². The van der Waals surface area contributed by atoms with Crippen LogP contribution in [0, 0.1) is 5.41 Å². The third-order valence-electron chi connectivity index (χ3n) is 4.75. The van der Waals surface area contributed by atoms with Crippen LogP contribution in [0.5, 0.6) is 5.75 Å². The fraction of sp³-hybridized carbons (Fsp3) is 0.364. The summed E-state index contributed by atoms with van der Waals surface area (Å²) >= 11 is 12.3. The van der Waals surface area contributed by atoms with Gasteiger partial charge in [0.2, 0.25) is 0 Å². The fourth-order valence-electron chi connectivity index (χ4n) is 2.96. The number of esters is 1. The van der Waals surface area contributed by atoms with E-state index in [0.29, 0.717) is 26.6 Å². The number of rotatable bonds is 9. The number of aromatic hydroxyl groups is 1. The lowest BCUT2D eigenvalue weighted by atomic mass is 9.79. The highest BCUT2D eigenvalue weighted by Crippen LogP contribution is 2.46. The minimum Gasteiger partial charge on any atom is -0.506 e. The normalized spacial score (nSPS) is 12.2. The molecule has 0 unspecified atom stereocenters. The third kappa shape index (κ3) is 7.60. The predicted octanol–water partition coefficient (Wildman–Crippen LogP) is 6.82. The van der Waals surface area contributed by atoms with Gasteiger partial charge in [0.1, 0.15) is 11.9 Å². The number of amides is 1. The van der Waals surface area contributed by atoms with Gasteiger partial charge in [0.15, 0.2) is 0 Å². The van der Waals surface area contributed by atoms with E-state index in [0.717, 1.165) is 4.90 Å². The molecule has 2 N–H and O–H groups in total. The predicted molar refractivity (Wildman–Crippen MR) is 138 cm³/mol. The average molecular weight is 607 g/mol.